The van der Waals surface area contributed by atoms with Gasteiger partial charge in [0.15, 0.2) is 0 Å². The molecule has 0 aliphatic rings. The van der Waals surface area contributed by atoms with E-state index in [4.69, 9.17) is 14.8 Å². The van der Waals surface area contributed by atoms with Crippen LogP contribution in [0, 0.1) is 6.92 Å². The Morgan fingerprint density at radius 1 is 0.900 bits per heavy atom. The maximum absolute atomic E-state index is 5.58. The van der Waals surface area contributed by atoms with E-state index in [0.29, 0.717) is 0 Å². The summed E-state index contributed by atoms with van der Waals surface area (Å²) in [6.07, 6.45) is 2.86. The molecule has 0 aliphatic carbocycles. The maximum atomic E-state index is 5.58. The van der Waals surface area contributed by atoms with Crippen molar-refractivity contribution in [1.82, 2.24) is 14.8 Å². The highest BCUT2D eigenvalue weighted by Gasteiger charge is 2.19. The minimum absolute atomic E-state index is 0.766. The van der Waals surface area contributed by atoms with E-state index in [2.05, 4.69) is 73.1 Å². The predicted molar refractivity (Wildman–Crippen MR) is 122 cm³/mol. The topological polar surface area (TPSA) is 39.9 Å². The molecule has 5 rings (SSSR count). The molecule has 5 aromatic rings. The minimum Gasteiger partial charge on any atom is -0.494 e. The molecular formula is C26H23N3O. The summed E-state index contributed by atoms with van der Waals surface area (Å²) in [6.45, 7) is 4.27. The van der Waals surface area contributed by atoms with Crippen molar-refractivity contribution in [1.29, 1.82) is 0 Å². The van der Waals surface area contributed by atoms with Crippen molar-refractivity contribution in [2.45, 2.75) is 20.3 Å². The van der Waals surface area contributed by atoms with Gasteiger partial charge < -0.3 is 4.74 Å². The molecule has 0 unspecified atom stereocenters. The minimum atomic E-state index is 0.766. The Morgan fingerprint density at radius 3 is 2.47 bits per heavy atom. The molecule has 2 aromatic heterocycles. The number of aromatic nitrogens is 3. The largest absolute Gasteiger partial charge is 0.494 e. The van der Waals surface area contributed by atoms with Gasteiger partial charge in [0, 0.05) is 22.5 Å². The molecule has 148 valence electrons. The third kappa shape index (κ3) is 2.84. The van der Waals surface area contributed by atoms with E-state index in [0.717, 1.165) is 50.9 Å². The molecule has 3 aromatic carbocycles. The van der Waals surface area contributed by atoms with Crippen molar-refractivity contribution in [3.05, 3.63) is 84.1 Å². The van der Waals surface area contributed by atoms with Crippen molar-refractivity contribution in [3.8, 4) is 22.7 Å². The van der Waals surface area contributed by atoms with Gasteiger partial charge in [0.2, 0.25) is 0 Å². The number of rotatable bonds is 4. The van der Waals surface area contributed by atoms with Gasteiger partial charge in [-0.05, 0) is 31.0 Å². The van der Waals surface area contributed by atoms with Crippen LogP contribution in [0.2, 0.25) is 0 Å². The number of para-hydroxylation sites is 2. The van der Waals surface area contributed by atoms with Gasteiger partial charge in [0.1, 0.15) is 17.0 Å². The second-order valence-electron chi connectivity index (χ2n) is 7.49. The normalized spacial score (nSPS) is 11.3. The Balaban J connectivity index is 1.92. The molecule has 0 aliphatic heterocycles. The summed E-state index contributed by atoms with van der Waals surface area (Å²) in [5, 5.41) is 7.17. The summed E-state index contributed by atoms with van der Waals surface area (Å²) in [6, 6.07) is 23.0. The summed E-state index contributed by atoms with van der Waals surface area (Å²) in [5.41, 5.74) is 7.50. The van der Waals surface area contributed by atoms with E-state index < -0.39 is 0 Å². The van der Waals surface area contributed by atoms with Crippen LogP contribution in [0.5, 0.6) is 5.75 Å². The summed E-state index contributed by atoms with van der Waals surface area (Å²) in [4.78, 5) is 4.76. The van der Waals surface area contributed by atoms with Gasteiger partial charge in [-0.3, -0.25) is 4.98 Å². The van der Waals surface area contributed by atoms with Crippen LogP contribution in [0.4, 0.5) is 0 Å². The lowest BCUT2D eigenvalue weighted by Gasteiger charge is -2.11. The molecule has 0 fully saturated rings. The molecule has 4 nitrogen and oxygen atoms in total. The summed E-state index contributed by atoms with van der Waals surface area (Å²) < 4.78 is 7.66. The van der Waals surface area contributed by atoms with E-state index in [-0.39, 0.29) is 0 Å². The van der Waals surface area contributed by atoms with Crippen molar-refractivity contribution < 1.29 is 4.74 Å². The zero-order chi connectivity index (χ0) is 20.7. The van der Waals surface area contributed by atoms with Gasteiger partial charge in [-0.1, -0.05) is 67.1 Å². The van der Waals surface area contributed by atoms with Gasteiger partial charge >= 0.3 is 0 Å². The zero-order valence-corrected chi connectivity index (χ0v) is 17.4. The SMILES string of the molecule is CCc1ccccc1-n1nc(-c2ccc(C)cc2)c2cnc3c(OC)cccc3c21. The number of benzene rings is 3. The average molecular weight is 393 g/mol. The van der Waals surface area contributed by atoms with Crippen LogP contribution >= 0.6 is 0 Å². The van der Waals surface area contributed by atoms with E-state index in [1.165, 1.54) is 11.1 Å². The number of fused-ring (bicyclic) bond motifs is 3. The second kappa shape index (κ2) is 7.30. The van der Waals surface area contributed by atoms with Crippen LogP contribution < -0.4 is 4.74 Å². The first kappa shape index (κ1) is 18.4. The maximum Gasteiger partial charge on any atom is 0.145 e. The van der Waals surface area contributed by atoms with Gasteiger partial charge in [-0.2, -0.15) is 5.10 Å². The number of ether oxygens (including phenoxy) is 1. The first-order chi connectivity index (χ1) is 14.7. The van der Waals surface area contributed by atoms with Gasteiger partial charge in [0.05, 0.1) is 18.3 Å². The van der Waals surface area contributed by atoms with Crippen LogP contribution in [0.1, 0.15) is 18.1 Å². The second-order valence-corrected chi connectivity index (χ2v) is 7.49. The van der Waals surface area contributed by atoms with Crippen LogP contribution in [-0.4, -0.2) is 21.9 Å². The fraction of sp³-hybridized carbons (Fsp3) is 0.154. The molecular weight excluding hydrogens is 370 g/mol. The molecule has 4 heteroatoms. The number of methoxy groups -OCH3 is 1. The highest BCUT2D eigenvalue weighted by Crippen LogP contribution is 2.36. The number of hydrogen-bond donors (Lipinski definition) is 0. The number of nitrogens with zero attached hydrogens (tertiary/aromatic N) is 3. The van der Waals surface area contributed by atoms with E-state index in [9.17, 15) is 0 Å². The lowest BCUT2D eigenvalue weighted by molar-refractivity contribution is 0.419. The van der Waals surface area contributed by atoms with Crippen molar-refractivity contribution in [3.63, 3.8) is 0 Å². The van der Waals surface area contributed by atoms with Crippen molar-refractivity contribution in [2.75, 3.05) is 7.11 Å². The number of pyridine rings is 1. The highest BCUT2D eigenvalue weighted by atomic mass is 16.5. The zero-order valence-electron chi connectivity index (χ0n) is 17.4. The lowest BCUT2D eigenvalue weighted by atomic mass is 10.1. The first-order valence-electron chi connectivity index (χ1n) is 10.2. The Hall–Kier alpha value is -3.66. The third-order valence-electron chi connectivity index (χ3n) is 5.64. The van der Waals surface area contributed by atoms with Crippen molar-refractivity contribution >= 4 is 21.8 Å². The monoisotopic (exact) mass is 393 g/mol. The smallest absolute Gasteiger partial charge is 0.145 e. The van der Waals surface area contributed by atoms with E-state index in [1.54, 1.807) is 7.11 Å². The fourth-order valence-electron chi connectivity index (χ4n) is 4.07. The molecule has 0 spiro atoms. The van der Waals surface area contributed by atoms with Crippen LogP contribution in [0.15, 0.2) is 72.9 Å². The predicted octanol–water partition coefficient (Wildman–Crippen LogP) is 6.12. The molecule has 30 heavy (non-hydrogen) atoms. The Morgan fingerprint density at radius 2 is 1.70 bits per heavy atom. The van der Waals surface area contributed by atoms with E-state index in [1.807, 2.05) is 18.3 Å². The molecule has 2 heterocycles. The molecule has 0 atom stereocenters. The van der Waals surface area contributed by atoms with E-state index >= 15 is 0 Å². The van der Waals surface area contributed by atoms with Gasteiger partial charge in [-0.25, -0.2) is 4.68 Å². The molecule has 0 saturated heterocycles. The van der Waals surface area contributed by atoms with Crippen molar-refractivity contribution in [2.24, 2.45) is 0 Å². The summed E-state index contributed by atoms with van der Waals surface area (Å²) >= 11 is 0. The lowest BCUT2D eigenvalue weighted by Crippen LogP contribution is -2.01. The Labute approximate surface area is 175 Å². The van der Waals surface area contributed by atoms with Crippen LogP contribution in [-0.2, 0) is 6.42 Å². The molecule has 0 radical (unpaired) electrons. The Bertz CT molecular complexity index is 1370. The molecule has 0 bridgehead atoms. The third-order valence-corrected chi connectivity index (χ3v) is 5.64. The molecule has 0 N–H and O–H groups in total. The van der Waals surface area contributed by atoms with Crippen LogP contribution in [0.3, 0.4) is 0 Å². The molecule has 0 saturated carbocycles. The average Bonchev–Trinajstić information content (AvgIpc) is 3.19. The van der Waals surface area contributed by atoms with Gasteiger partial charge in [-0.15, -0.1) is 0 Å². The quantitative estimate of drug-likeness (QED) is 0.369. The number of aryl methyl sites for hydroxylation is 2. The fourth-order valence-corrected chi connectivity index (χ4v) is 4.07. The Kier molecular flexibility index (Phi) is 4.47. The number of hydrogen-bond acceptors (Lipinski definition) is 3. The van der Waals surface area contributed by atoms with Gasteiger partial charge in [0.25, 0.3) is 0 Å². The standard InChI is InChI=1S/C26H23N3O/c1-4-18-8-5-6-10-22(18)29-26-20-9-7-11-23(30-3)25(20)27-16-21(26)24(28-29)19-14-12-17(2)13-15-19/h5-16H,4H2,1-3H3. The summed E-state index contributed by atoms with van der Waals surface area (Å²) in [5.74, 6) is 0.766. The molecule has 0 amide bonds. The highest BCUT2D eigenvalue weighted by molar-refractivity contribution is 6.10. The van der Waals surface area contributed by atoms with Crippen LogP contribution in [0.25, 0.3) is 38.8 Å². The summed E-state index contributed by atoms with van der Waals surface area (Å²) in [7, 11) is 1.68. The first-order valence-corrected chi connectivity index (χ1v) is 10.2.